The molecule has 3 heteroatoms. The Morgan fingerprint density at radius 2 is 2.00 bits per heavy atom. The van der Waals surface area contributed by atoms with Gasteiger partial charge in [-0.2, -0.15) is 0 Å². The van der Waals surface area contributed by atoms with Crippen LogP contribution in [0, 0.1) is 0 Å². The van der Waals surface area contributed by atoms with E-state index in [1.807, 2.05) is 5.38 Å². The molecule has 16 heavy (non-hydrogen) atoms. The Hall–Kier alpha value is -0.830. The second-order valence-corrected chi connectivity index (χ2v) is 4.86. The first-order chi connectivity index (χ1) is 7.86. The zero-order chi connectivity index (χ0) is 11.6. The Morgan fingerprint density at radius 1 is 1.25 bits per heavy atom. The van der Waals surface area contributed by atoms with Crippen LogP contribution in [0.2, 0.25) is 0 Å². The highest BCUT2D eigenvalue weighted by atomic mass is 32.1. The van der Waals surface area contributed by atoms with Crippen LogP contribution in [0.25, 0.3) is 0 Å². The number of thiophene rings is 1. The van der Waals surface area contributed by atoms with Gasteiger partial charge in [0.25, 0.3) is 0 Å². The topological polar surface area (TPSA) is 26.3 Å². The van der Waals surface area contributed by atoms with Crippen LogP contribution in [0.15, 0.2) is 11.4 Å². The van der Waals surface area contributed by atoms with Crippen LogP contribution < -0.4 is 4.74 Å². The van der Waals surface area contributed by atoms with Crippen LogP contribution in [0.1, 0.15) is 55.1 Å². The summed E-state index contributed by atoms with van der Waals surface area (Å²) in [6, 6.07) is 1.80. The third-order valence-electron chi connectivity index (χ3n) is 2.48. The fraction of sp³-hybridized carbons (Fsp3) is 0.615. The molecule has 0 aliphatic heterocycles. The highest BCUT2D eigenvalue weighted by Gasteiger charge is 1.99. The van der Waals surface area contributed by atoms with Crippen molar-refractivity contribution >= 4 is 17.6 Å². The van der Waals surface area contributed by atoms with Gasteiger partial charge in [0, 0.05) is 11.4 Å². The highest BCUT2D eigenvalue weighted by molar-refractivity contribution is 7.11. The lowest BCUT2D eigenvalue weighted by Gasteiger charge is -2.03. The number of carbonyl (C=O) groups is 1. The molecular formula is C13H20O2S. The Balaban J connectivity index is 2.00. The van der Waals surface area contributed by atoms with Crippen LogP contribution >= 0.6 is 11.3 Å². The molecule has 0 atom stereocenters. The van der Waals surface area contributed by atoms with E-state index < -0.39 is 0 Å². The van der Waals surface area contributed by atoms with Crippen molar-refractivity contribution in [1.29, 1.82) is 0 Å². The van der Waals surface area contributed by atoms with Gasteiger partial charge in [0.1, 0.15) is 5.75 Å². The highest BCUT2D eigenvalue weighted by Crippen LogP contribution is 2.20. The minimum absolute atomic E-state index is 0.734. The molecule has 0 radical (unpaired) electrons. The second kappa shape index (κ2) is 8.34. The molecule has 0 saturated heterocycles. The summed E-state index contributed by atoms with van der Waals surface area (Å²) >= 11 is 1.43. The van der Waals surface area contributed by atoms with Gasteiger partial charge in [0.05, 0.1) is 11.5 Å². The largest absolute Gasteiger partial charge is 0.493 e. The number of ether oxygens (including phenoxy) is 1. The number of aldehydes is 1. The quantitative estimate of drug-likeness (QED) is 0.475. The normalized spacial score (nSPS) is 10.3. The molecule has 0 spiro atoms. The monoisotopic (exact) mass is 240 g/mol. The smallest absolute Gasteiger partial charge is 0.160 e. The van der Waals surface area contributed by atoms with Gasteiger partial charge in [-0.1, -0.05) is 39.0 Å². The molecule has 2 nitrogen and oxygen atoms in total. The Kier molecular flexibility index (Phi) is 6.90. The summed E-state index contributed by atoms with van der Waals surface area (Å²) in [6.07, 6.45) is 8.49. The number of rotatable bonds is 9. The summed E-state index contributed by atoms with van der Waals surface area (Å²) in [4.78, 5) is 11.2. The number of carbonyl (C=O) groups excluding carboxylic acids is 1. The Labute approximate surface area is 102 Å². The maximum Gasteiger partial charge on any atom is 0.160 e. The fourth-order valence-corrected chi connectivity index (χ4v) is 2.17. The average molecular weight is 240 g/mol. The molecule has 90 valence electrons. The summed E-state index contributed by atoms with van der Waals surface area (Å²) in [7, 11) is 0. The van der Waals surface area contributed by atoms with E-state index >= 15 is 0 Å². The van der Waals surface area contributed by atoms with Gasteiger partial charge in [0.2, 0.25) is 0 Å². The molecule has 0 saturated carbocycles. The van der Waals surface area contributed by atoms with Gasteiger partial charge in [0.15, 0.2) is 6.29 Å². The van der Waals surface area contributed by atoms with Crippen molar-refractivity contribution in [3.63, 3.8) is 0 Å². The molecule has 0 unspecified atom stereocenters. The van der Waals surface area contributed by atoms with E-state index in [-0.39, 0.29) is 0 Å². The fourth-order valence-electron chi connectivity index (χ4n) is 1.54. The van der Waals surface area contributed by atoms with Crippen molar-refractivity contribution in [2.24, 2.45) is 0 Å². The summed E-state index contributed by atoms with van der Waals surface area (Å²) in [6.45, 7) is 2.99. The Morgan fingerprint density at radius 3 is 2.69 bits per heavy atom. The number of hydrogen-bond donors (Lipinski definition) is 0. The first-order valence-corrected chi connectivity index (χ1v) is 6.91. The van der Waals surface area contributed by atoms with Crippen molar-refractivity contribution in [3.05, 3.63) is 16.3 Å². The van der Waals surface area contributed by atoms with Gasteiger partial charge in [-0.3, -0.25) is 4.79 Å². The summed E-state index contributed by atoms with van der Waals surface area (Å²) in [5.74, 6) is 0.834. The van der Waals surface area contributed by atoms with Crippen molar-refractivity contribution in [3.8, 4) is 5.75 Å². The van der Waals surface area contributed by atoms with Gasteiger partial charge in [-0.15, -0.1) is 11.3 Å². The molecule has 1 heterocycles. The molecule has 0 bridgehead atoms. The first-order valence-electron chi connectivity index (χ1n) is 6.03. The van der Waals surface area contributed by atoms with Gasteiger partial charge >= 0.3 is 0 Å². The molecule has 1 aromatic rings. The van der Waals surface area contributed by atoms with Crippen LogP contribution in [0.5, 0.6) is 5.75 Å². The molecule has 0 amide bonds. The van der Waals surface area contributed by atoms with E-state index in [1.54, 1.807) is 6.07 Å². The Bertz CT molecular complexity index is 294. The number of hydrogen-bond acceptors (Lipinski definition) is 3. The zero-order valence-corrected chi connectivity index (χ0v) is 10.7. The zero-order valence-electron chi connectivity index (χ0n) is 9.91. The molecular weight excluding hydrogens is 220 g/mol. The van der Waals surface area contributed by atoms with Crippen LogP contribution in [0.3, 0.4) is 0 Å². The first kappa shape index (κ1) is 13.2. The predicted molar refractivity (Wildman–Crippen MR) is 68.6 cm³/mol. The standard InChI is InChI=1S/C13H20O2S/c1-2-3-4-5-6-7-8-15-12-9-13(10-14)16-11-12/h9-11H,2-8H2,1H3. The van der Waals surface area contributed by atoms with E-state index in [0.29, 0.717) is 0 Å². The third kappa shape index (κ3) is 5.31. The van der Waals surface area contributed by atoms with Gasteiger partial charge in [-0.25, -0.2) is 0 Å². The summed E-state index contributed by atoms with van der Waals surface area (Å²) < 4.78 is 5.55. The number of unbranched alkanes of at least 4 members (excludes halogenated alkanes) is 5. The van der Waals surface area contributed by atoms with Crippen LogP contribution in [-0.2, 0) is 0 Å². The molecule has 0 aromatic carbocycles. The summed E-state index contributed by atoms with van der Waals surface area (Å²) in [5.41, 5.74) is 0. The lowest BCUT2D eigenvalue weighted by atomic mass is 10.1. The minimum Gasteiger partial charge on any atom is -0.493 e. The van der Waals surface area contributed by atoms with E-state index in [1.165, 1.54) is 43.4 Å². The van der Waals surface area contributed by atoms with Crippen molar-refractivity contribution in [2.75, 3.05) is 6.61 Å². The molecule has 0 fully saturated rings. The molecule has 1 aromatic heterocycles. The maximum atomic E-state index is 10.5. The van der Waals surface area contributed by atoms with E-state index in [9.17, 15) is 4.79 Å². The van der Waals surface area contributed by atoms with E-state index in [4.69, 9.17) is 4.74 Å². The summed E-state index contributed by atoms with van der Waals surface area (Å²) in [5, 5.41) is 1.89. The predicted octanol–water partition coefficient (Wildman–Crippen LogP) is 4.30. The van der Waals surface area contributed by atoms with Crippen LogP contribution in [0.4, 0.5) is 0 Å². The van der Waals surface area contributed by atoms with Gasteiger partial charge in [-0.05, 0) is 6.42 Å². The maximum absolute atomic E-state index is 10.5. The molecule has 0 aliphatic rings. The van der Waals surface area contributed by atoms with Crippen molar-refractivity contribution < 1.29 is 9.53 Å². The molecule has 1 rings (SSSR count). The van der Waals surface area contributed by atoms with Gasteiger partial charge < -0.3 is 4.74 Å². The van der Waals surface area contributed by atoms with E-state index in [2.05, 4.69) is 6.92 Å². The minimum atomic E-state index is 0.734. The lowest BCUT2D eigenvalue weighted by Crippen LogP contribution is -1.96. The van der Waals surface area contributed by atoms with Crippen molar-refractivity contribution in [2.45, 2.75) is 45.4 Å². The molecule has 0 aliphatic carbocycles. The average Bonchev–Trinajstić information content (AvgIpc) is 2.76. The van der Waals surface area contributed by atoms with E-state index in [0.717, 1.165) is 29.9 Å². The third-order valence-corrected chi connectivity index (χ3v) is 3.31. The molecule has 0 N–H and O–H groups in total. The lowest BCUT2D eigenvalue weighted by molar-refractivity contribution is 0.112. The SMILES string of the molecule is CCCCCCCCOc1csc(C=O)c1. The van der Waals surface area contributed by atoms with Crippen molar-refractivity contribution in [1.82, 2.24) is 0 Å². The van der Waals surface area contributed by atoms with Crippen LogP contribution in [-0.4, -0.2) is 12.9 Å². The second-order valence-electron chi connectivity index (χ2n) is 3.92.